The summed E-state index contributed by atoms with van der Waals surface area (Å²) in [4.78, 5) is 41.2. The van der Waals surface area contributed by atoms with E-state index in [4.69, 9.17) is 25.2 Å². The van der Waals surface area contributed by atoms with Crippen LogP contribution >= 0.6 is 0 Å². The van der Waals surface area contributed by atoms with E-state index in [2.05, 4.69) is 4.74 Å². The van der Waals surface area contributed by atoms with Gasteiger partial charge in [0.1, 0.15) is 0 Å². The van der Waals surface area contributed by atoms with Crippen LogP contribution in [0.4, 0.5) is 0 Å². The molecule has 0 radical (unpaired) electrons. The lowest BCUT2D eigenvalue weighted by atomic mass is 10.0. The lowest BCUT2D eigenvalue weighted by molar-refractivity contribution is -0.157. The Balaban J connectivity index is 0.000000220. The van der Waals surface area contributed by atoms with Crippen molar-refractivity contribution in [3.63, 3.8) is 0 Å². The number of aliphatic carboxylic acids is 4. The molecule has 2 heterocycles. The van der Waals surface area contributed by atoms with Crippen molar-refractivity contribution in [2.24, 2.45) is 5.92 Å². The topological polar surface area (TPSA) is 168 Å². The Kier molecular flexibility index (Phi) is 6.25. The van der Waals surface area contributed by atoms with Gasteiger partial charge in [0.05, 0.1) is 5.92 Å². The Bertz CT molecular complexity index is 419. The molecule has 10 nitrogen and oxygen atoms in total. The Morgan fingerprint density at radius 1 is 0.727 bits per heavy atom. The number of carbonyl (C=O) groups is 4. The van der Waals surface area contributed by atoms with Crippen molar-refractivity contribution < 1.29 is 49.1 Å². The average Bonchev–Trinajstić information content (AvgIpc) is 3.09. The van der Waals surface area contributed by atoms with Crippen molar-refractivity contribution in [3.8, 4) is 0 Å². The van der Waals surface area contributed by atoms with E-state index in [1.807, 2.05) is 0 Å². The molecule has 0 spiro atoms. The summed E-state index contributed by atoms with van der Waals surface area (Å²) in [6.07, 6.45) is -2.18. The first-order valence-electron chi connectivity index (χ1n) is 6.42. The molecule has 2 rings (SSSR count). The summed E-state index contributed by atoms with van der Waals surface area (Å²) in [5.41, 5.74) is 0. The number of hydrogen-bond donors (Lipinski definition) is 4. The van der Waals surface area contributed by atoms with Crippen molar-refractivity contribution in [3.05, 3.63) is 0 Å². The molecule has 0 aromatic heterocycles. The highest BCUT2D eigenvalue weighted by molar-refractivity contribution is 5.82. The normalized spacial score (nSPS) is 30.2. The van der Waals surface area contributed by atoms with Crippen LogP contribution in [0.5, 0.6) is 0 Å². The van der Waals surface area contributed by atoms with Gasteiger partial charge in [-0.3, -0.25) is 4.79 Å². The maximum atomic E-state index is 10.4. The molecule has 2 aliphatic heterocycles. The Morgan fingerprint density at radius 2 is 1.23 bits per heavy atom. The van der Waals surface area contributed by atoms with Crippen LogP contribution in [0.1, 0.15) is 19.3 Å². The van der Waals surface area contributed by atoms with Gasteiger partial charge in [-0.15, -0.1) is 0 Å². The predicted molar refractivity (Wildman–Crippen MR) is 66.3 cm³/mol. The summed E-state index contributed by atoms with van der Waals surface area (Å²) in [5, 5.41) is 33.7. The SMILES string of the molecule is O=C(O)C1CCC(C(=O)O)O1.O=C(O)C1CCOC1C(=O)O. The standard InChI is InChI=1S/2C6H8O5/c7-5(8)3-1-2-11-4(3)6(9)10;7-5(8)3-1-2-4(11-3)6(9)10/h2*3-4H,1-2H2,(H,7,8)(H,9,10). The Hall–Kier alpha value is -2.20. The van der Waals surface area contributed by atoms with E-state index in [1.54, 1.807) is 0 Å². The van der Waals surface area contributed by atoms with Gasteiger partial charge in [-0.25, -0.2) is 14.4 Å². The molecule has 22 heavy (non-hydrogen) atoms. The number of ether oxygens (including phenoxy) is 2. The molecule has 0 amide bonds. The van der Waals surface area contributed by atoms with Crippen LogP contribution in [-0.2, 0) is 28.7 Å². The minimum absolute atomic E-state index is 0.216. The number of hydrogen-bond acceptors (Lipinski definition) is 6. The fourth-order valence-corrected chi connectivity index (χ4v) is 2.09. The van der Waals surface area contributed by atoms with E-state index in [-0.39, 0.29) is 25.9 Å². The van der Waals surface area contributed by atoms with Crippen LogP contribution in [0.25, 0.3) is 0 Å². The summed E-state index contributed by atoms with van der Waals surface area (Å²) < 4.78 is 9.39. The minimum Gasteiger partial charge on any atom is -0.481 e. The highest BCUT2D eigenvalue weighted by Crippen LogP contribution is 2.21. The minimum atomic E-state index is -1.20. The number of rotatable bonds is 4. The Labute approximate surface area is 124 Å². The van der Waals surface area contributed by atoms with E-state index in [9.17, 15) is 19.2 Å². The Morgan fingerprint density at radius 3 is 1.50 bits per heavy atom. The number of carboxylic acids is 4. The first-order valence-corrected chi connectivity index (χ1v) is 6.42. The zero-order valence-electron chi connectivity index (χ0n) is 11.4. The zero-order chi connectivity index (χ0) is 16.9. The molecule has 0 aromatic carbocycles. The lowest BCUT2D eigenvalue weighted by Crippen LogP contribution is -2.31. The molecule has 124 valence electrons. The molecule has 4 unspecified atom stereocenters. The molecule has 4 N–H and O–H groups in total. The summed E-state index contributed by atoms with van der Waals surface area (Å²) >= 11 is 0. The van der Waals surface area contributed by atoms with Crippen LogP contribution in [0.3, 0.4) is 0 Å². The fraction of sp³-hybridized carbons (Fsp3) is 0.667. The highest BCUT2D eigenvalue weighted by atomic mass is 16.5. The first kappa shape index (κ1) is 17.9. The maximum Gasteiger partial charge on any atom is 0.333 e. The van der Waals surface area contributed by atoms with Crippen LogP contribution in [0.2, 0.25) is 0 Å². The van der Waals surface area contributed by atoms with E-state index in [1.165, 1.54) is 0 Å². The van der Waals surface area contributed by atoms with Gasteiger partial charge in [0, 0.05) is 6.61 Å². The summed E-state index contributed by atoms with van der Waals surface area (Å²) in [5.74, 6) is -5.36. The van der Waals surface area contributed by atoms with Crippen LogP contribution in [0.15, 0.2) is 0 Å². The van der Waals surface area contributed by atoms with Crippen molar-refractivity contribution in [1.82, 2.24) is 0 Å². The molecule has 2 saturated heterocycles. The van der Waals surface area contributed by atoms with Crippen LogP contribution in [0, 0.1) is 5.92 Å². The molecule has 2 fully saturated rings. The van der Waals surface area contributed by atoms with E-state index >= 15 is 0 Å². The quantitative estimate of drug-likeness (QED) is 0.518. The molecule has 0 aromatic rings. The van der Waals surface area contributed by atoms with Crippen molar-refractivity contribution in [1.29, 1.82) is 0 Å². The van der Waals surface area contributed by atoms with Gasteiger partial charge >= 0.3 is 23.9 Å². The van der Waals surface area contributed by atoms with Gasteiger partial charge in [-0.1, -0.05) is 0 Å². The summed E-state index contributed by atoms with van der Waals surface area (Å²) in [6, 6.07) is 0. The second kappa shape index (κ2) is 7.71. The lowest BCUT2D eigenvalue weighted by Gasteiger charge is -2.08. The highest BCUT2D eigenvalue weighted by Gasteiger charge is 2.39. The van der Waals surface area contributed by atoms with Gasteiger partial charge in [-0.05, 0) is 19.3 Å². The average molecular weight is 320 g/mol. The molecule has 2 aliphatic rings. The second-order valence-corrected chi connectivity index (χ2v) is 4.73. The van der Waals surface area contributed by atoms with Crippen LogP contribution < -0.4 is 0 Å². The maximum absolute atomic E-state index is 10.4. The van der Waals surface area contributed by atoms with Gasteiger partial charge in [-0.2, -0.15) is 0 Å². The van der Waals surface area contributed by atoms with E-state index in [0.29, 0.717) is 0 Å². The molecular weight excluding hydrogens is 304 g/mol. The third kappa shape index (κ3) is 4.67. The molecule has 0 aliphatic carbocycles. The van der Waals surface area contributed by atoms with Gasteiger partial charge in [0.25, 0.3) is 0 Å². The van der Waals surface area contributed by atoms with E-state index in [0.717, 1.165) is 0 Å². The largest absolute Gasteiger partial charge is 0.481 e. The molecule has 0 saturated carbocycles. The molecule has 4 atom stereocenters. The van der Waals surface area contributed by atoms with E-state index < -0.39 is 48.1 Å². The summed E-state index contributed by atoms with van der Waals surface area (Å²) in [6.45, 7) is 0.216. The summed E-state index contributed by atoms with van der Waals surface area (Å²) in [7, 11) is 0. The van der Waals surface area contributed by atoms with Crippen molar-refractivity contribution >= 4 is 23.9 Å². The predicted octanol–water partition coefficient (Wildman–Crippen LogP) is -0.736. The molecule has 0 bridgehead atoms. The monoisotopic (exact) mass is 320 g/mol. The first-order chi connectivity index (χ1) is 10.2. The third-order valence-corrected chi connectivity index (χ3v) is 3.22. The smallest absolute Gasteiger partial charge is 0.333 e. The van der Waals surface area contributed by atoms with Gasteiger partial charge in [0.2, 0.25) is 0 Å². The second-order valence-electron chi connectivity index (χ2n) is 4.73. The fourth-order valence-electron chi connectivity index (χ4n) is 2.09. The van der Waals surface area contributed by atoms with Crippen molar-refractivity contribution in [2.75, 3.05) is 6.61 Å². The van der Waals surface area contributed by atoms with Gasteiger partial charge < -0.3 is 29.9 Å². The van der Waals surface area contributed by atoms with Crippen LogP contribution in [-0.4, -0.2) is 69.2 Å². The molecular formula is C12H16O10. The number of carboxylic acid groups (broad SMARTS) is 4. The van der Waals surface area contributed by atoms with Gasteiger partial charge in [0.15, 0.2) is 18.3 Å². The van der Waals surface area contributed by atoms with Crippen molar-refractivity contribution in [2.45, 2.75) is 37.6 Å². The zero-order valence-corrected chi connectivity index (χ0v) is 11.4. The third-order valence-electron chi connectivity index (χ3n) is 3.22. The molecule has 10 heteroatoms.